The smallest absolute Gasteiger partial charge is 0.269 e. The number of amides is 2. The van der Waals surface area contributed by atoms with Crippen molar-refractivity contribution in [2.75, 3.05) is 0 Å². The first kappa shape index (κ1) is 18.0. The second kappa shape index (κ2) is 8.51. The fourth-order valence-electron chi connectivity index (χ4n) is 2.16. The molecule has 0 fully saturated rings. The molecule has 0 saturated heterocycles. The van der Waals surface area contributed by atoms with Gasteiger partial charge in [0.05, 0.1) is 0 Å². The number of benzene rings is 2. The van der Waals surface area contributed by atoms with Crippen molar-refractivity contribution in [2.45, 2.75) is 6.61 Å². The fraction of sp³-hybridized carbons (Fsp3) is 0.0526. The zero-order chi connectivity index (χ0) is 18.4. The van der Waals surface area contributed by atoms with Gasteiger partial charge in [-0.05, 0) is 47.8 Å². The Morgan fingerprint density at radius 1 is 0.923 bits per heavy atom. The average Bonchev–Trinajstić information content (AvgIpc) is 3.18. The second-order valence-corrected chi connectivity index (χ2v) is 6.78. The summed E-state index contributed by atoms with van der Waals surface area (Å²) in [6, 6.07) is 17.1. The molecule has 2 amide bonds. The molecular weight excluding hydrogens is 372 g/mol. The van der Waals surface area contributed by atoms with Crippen LogP contribution in [0.1, 0.15) is 25.6 Å². The number of hydrazine groups is 1. The summed E-state index contributed by atoms with van der Waals surface area (Å²) in [6.45, 7) is 0.439. The van der Waals surface area contributed by atoms with Gasteiger partial charge in [-0.25, -0.2) is 0 Å². The van der Waals surface area contributed by atoms with E-state index in [-0.39, 0.29) is 0 Å². The molecule has 1 aromatic heterocycles. The van der Waals surface area contributed by atoms with E-state index in [1.54, 1.807) is 53.8 Å². The molecule has 0 unspecified atom stereocenters. The summed E-state index contributed by atoms with van der Waals surface area (Å²) in [4.78, 5) is 25.3. The van der Waals surface area contributed by atoms with Crippen LogP contribution < -0.4 is 15.6 Å². The summed E-state index contributed by atoms with van der Waals surface area (Å²) in [5.74, 6) is -0.319. The van der Waals surface area contributed by atoms with E-state index in [4.69, 9.17) is 16.3 Å². The Kier molecular flexibility index (Phi) is 5.88. The third-order valence-electron chi connectivity index (χ3n) is 3.43. The van der Waals surface area contributed by atoms with E-state index >= 15 is 0 Å². The predicted molar refractivity (Wildman–Crippen MR) is 101 cm³/mol. The number of nitrogens with one attached hydrogen (secondary N) is 2. The van der Waals surface area contributed by atoms with Crippen LogP contribution >= 0.6 is 22.9 Å². The molecule has 3 aromatic rings. The van der Waals surface area contributed by atoms with E-state index in [2.05, 4.69) is 10.9 Å². The summed E-state index contributed by atoms with van der Waals surface area (Å²) >= 11 is 7.45. The van der Waals surface area contributed by atoms with E-state index in [0.717, 1.165) is 4.88 Å². The van der Waals surface area contributed by atoms with Gasteiger partial charge in [-0.1, -0.05) is 29.8 Å². The van der Waals surface area contributed by atoms with Gasteiger partial charge in [0.25, 0.3) is 11.8 Å². The Labute approximate surface area is 159 Å². The van der Waals surface area contributed by atoms with Crippen LogP contribution in [-0.2, 0) is 6.61 Å². The number of rotatable bonds is 5. The number of carbonyl (C=O) groups excluding carboxylic acids is 2. The second-order valence-electron chi connectivity index (χ2n) is 5.31. The number of hydrogen-bond donors (Lipinski definition) is 2. The van der Waals surface area contributed by atoms with E-state index in [9.17, 15) is 9.59 Å². The lowest BCUT2D eigenvalue weighted by molar-refractivity contribution is 0.0846. The quantitative estimate of drug-likeness (QED) is 0.650. The summed E-state index contributed by atoms with van der Waals surface area (Å²) in [6.07, 6.45) is 0. The molecule has 5 nitrogen and oxygen atoms in total. The Morgan fingerprint density at radius 2 is 1.62 bits per heavy atom. The van der Waals surface area contributed by atoms with Gasteiger partial charge in [0.2, 0.25) is 0 Å². The minimum atomic E-state index is -0.453. The SMILES string of the molecule is O=C(NNC(=O)c1cccc(OCc2cccs2)c1)c1cccc(Cl)c1. The maximum atomic E-state index is 12.2. The highest BCUT2D eigenvalue weighted by Gasteiger charge is 2.10. The first-order valence-corrected chi connectivity index (χ1v) is 8.99. The van der Waals surface area contributed by atoms with Gasteiger partial charge < -0.3 is 4.74 Å². The molecule has 26 heavy (non-hydrogen) atoms. The molecule has 0 radical (unpaired) electrons. The minimum absolute atomic E-state index is 0.353. The molecule has 132 valence electrons. The average molecular weight is 387 g/mol. The van der Waals surface area contributed by atoms with Gasteiger partial charge >= 0.3 is 0 Å². The van der Waals surface area contributed by atoms with Gasteiger partial charge in [0.15, 0.2) is 0 Å². The molecule has 0 aliphatic heterocycles. The molecule has 0 atom stereocenters. The summed E-state index contributed by atoms with van der Waals surface area (Å²) in [5.41, 5.74) is 5.47. The summed E-state index contributed by atoms with van der Waals surface area (Å²) in [7, 11) is 0. The largest absolute Gasteiger partial charge is 0.488 e. The topological polar surface area (TPSA) is 67.4 Å². The lowest BCUT2D eigenvalue weighted by atomic mass is 10.2. The Morgan fingerprint density at radius 3 is 2.27 bits per heavy atom. The molecule has 0 spiro atoms. The van der Waals surface area contributed by atoms with Crippen molar-refractivity contribution >= 4 is 34.8 Å². The molecular formula is C19H15ClN2O3S. The first-order chi connectivity index (χ1) is 12.6. The van der Waals surface area contributed by atoms with Gasteiger partial charge in [-0.2, -0.15) is 0 Å². The molecule has 1 heterocycles. The summed E-state index contributed by atoms with van der Waals surface area (Å²) in [5, 5.41) is 2.42. The van der Waals surface area contributed by atoms with Crippen LogP contribution in [-0.4, -0.2) is 11.8 Å². The zero-order valence-electron chi connectivity index (χ0n) is 13.6. The third kappa shape index (κ3) is 4.84. The van der Waals surface area contributed by atoms with Crippen LogP contribution in [0.2, 0.25) is 5.02 Å². The highest BCUT2D eigenvalue weighted by atomic mass is 35.5. The molecule has 3 rings (SSSR count). The van der Waals surface area contributed by atoms with Crippen LogP contribution in [0.15, 0.2) is 66.0 Å². The highest BCUT2D eigenvalue weighted by Crippen LogP contribution is 2.17. The maximum Gasteiger partial charge on any atom is 0.269 e. The molecule has 7 heteroatoms. The zero-order valence-corrected chi connectivity index (χ0v) is 15.1. The molecule has 0 aliphatic rings. The highest BCUT2D eigenvalue weighted by molar-refractivity contribution is 7.09. The number of carbonyl (C=O) groups is 2. The Hall–Kier alpha value is -2.83. The first-order valence-electron chi connectivity index (χ1n) is 7.73. The third-order valence-corrected chi connectivity index (χ3v) is 4.52. The van der Waals surface area contributed by atoms with Gasteiger partial charge in [-0.3, -0.25) is 20.4 Å². The lowest BCUT2D eigenvalue weighted by Crippen LogP contribution is -2.41. The monoisotopic (exact) mass is 386 g/mol. The minimum Gasteiger partial charge on any atom is -0.488 e. The van der Waals surface area contributed by atoms with Crippen molar-refractivity contribution in [1.82, 2.24) is 10.9 Å². The number of halogens is 1. The number of ether oxygens (including phenoxy) is 1. The Bertz CT molecular complexity index is 913. The van der Waals surface area contributed by atoms with Crippen molar-refractivity contribution in [3.05, 3.63) is 87.1 Å². The van der Waals surface area contributed by atoms with E-state index in [0.29, 0.717) is 28.5 Å². The Balaban J connectivity index is 1.57. The molecule has 2 N–H and O–H groups in total. The van der Waals surface area contributed by atoms with Crippen molar-refractivity contribution < 1.29 is 14.3 Å². The van der Waals surface area contributed by atoms with E-state index in [1.165, 1.54) is 6.07 Å². The molecule has 0 aliphatic carbocycles. The van der Waals surface area contributed by atoms with Gasteiger partial charge in [0, 0.05) is 21.0 Å². The maximum absolute atomic E-state index is 12.2. The van der Waals surface area contributed by atoms with Crippen molar-refractivity contribution in [3.63, 3.8) is 0 Å². The van der Waals surface area contributed by atoms with E-state index < -0.39 is 11.8 Å². The van der Waals surface area contributed by atoms with E-state index in [1.807, 2.05) is 17.5 Å². The fourth-order valence-corrected chi connectivity index (χ4v) is 2.97. The predicted octanol–water partition coefficient (Wildman–Crippen LogP) is 4.06. The molecule has 2 aromatic carbocycles. The number of hydrogen-bond acceptors (Lipinski definition) is 4. The van der Waals surface area contributed by atoms with Gasteiger partial charge in [0.1, 0.15) is 12.4 Å². The van der Waals surface area contributed by atoms with Crippen LogP contribution in [0.3, 0.4) is 0 Å². The normalized spacial score (nSPS) is 10.2. The van der Waals surface area contributed by atoms with Crippen LogP contribution in [0.5, 0.6) is 5.75 Å². The molecule has 0 bridgehead atoms. The number of thiophene rings is 1. The van der Waals surface area contributed by atoms with Crippen LogP contribution in [0, 0.1) is 0 Å². The summed E-state index contributed by atoms with van der Waals surface area (Å²) < 4.78 is 5.68. The van der Waals surface area contributed by atoms with Crippen LogP contribution in [0.4, 0.5) is 0 Å². The van der Waals surface area contributed by atoms with Crippen molar-refractivity contribution in [3.8, 4) is 5.75 Å². The van der Waals surface area contributed by atoms with Gasteiger partial charge in [-0.15, -0.1) is 11.3 Å². The standard InChI is InChI=1S/C19H15ClN2O3S/c20-15-6-1-4-13(10-15)18(23)21-22-19(24)14-5-2-7-16(11-14)25-12-17-8-3-9-26-17/h1-11H,12H2,(H,21,23)(H,22,24). The molecule has 0 saturated carbocycles. The van der Waals surface area contributed by atoms with Crippen molar-refractivity contribution in [1.29, 1.82) is 0 Å². The van der Waals surface area contributed by atoms with Crippen LogP contribution in [0.25, 0.3) is 0 Å². The lowest BCUT2D eigenvalue weighted by Gasteiger charge is -2.09. The van der Waals surface area contributed by atoms with Crippen molar-refractivity contribution in [2.24, 2.45) is 0 Å².